The van der Waals surface area contributed by atoms with E-state index in [9.17, 15) is 19.2 Å². The molecule has 1 heterocycles. The number of nitrogens with zero attached hydrogens (tertiary/aromatic N) is 1. The molecular weight excluding hydrogens is 607 g/mol. The number of halogens is 1. The first-order valence-corrected chi connectivity index (χ1v) is 15.9. The zero-order chi connectivity index (χ0) is 34.2. The molecule has 2 aromatic rings. The number of hydrogen-bond donors (Lipinski definition) is 1. The van der Waals surface area contributed by atoms with Gasteiger partial charge in [0.15, 0.2) is 6.10 Å². The van der Waals surface area contributed by atoms with E-state index in [-0.39, 0.29) is 13.0 Å². The van der Waals surface area contributed by atoms with Crippen molar-refractivity contribution in [2.75, 3.05) is 27.3 Å². The molecule has 2 aliphatic rings. The van der Waals surface area contributed by atoms with E-state index >= 15 is 4.39 Å². The minimum Gasteiger partial charge on any atom is -0.458 e. The third kappa shape index (κ3) is 9.95. The molecule has 0 bridgehead atoms. The highest BCUT2D eigenvalue weighted by atomic mass is 19.1. The quantitative estimate of drug-likeness (QED) is 0.221. The highest BCUT2D eigenvalue weighted by Crippen LogP contribution is 2.36. The SMILES string of the molecule is CNC1(C(=O)OC(C)C(=O)N(C)C(CC(C)(C)F)C(=O)OC(Cc2ccc(C3=CCOCC3)cc2)C(=O)OCc2ccccc2)CC1. The third-order valence-electron chi connectivity index (χ3n) is 8.47. The van der Waals surface area contributed by atoms with Crippen molar-refractivity contribution in [2.45, 2.75) is 88.9 Å². The Morgan fingerprint density at radius 3 is 2.26 bits per heavy atom. The number of rotatable bonds is 15. The molecule has 1 saturated carbocycles. The molecule has 0 aromatic heterocycles. The standard InChI is InChI=1S/C36H45FN2O8/c1-24(46-34(43)36(38-4)17-18-36)31(40)39(5)29(22-35(2,3)37)32(41)47-30(33(42)45-23-26-9-7-6-8-10-26)21-25-11-13-27(14-12-25)28-15-19-44-20-16-28/h6-15,24,29-30,38H,16-23H2,1-5H3. The minimum absolute atomic E-state index is 0.00861. The van der Waals surface area contributed by atoms with E-state index in [4.69, 9.17) is 18.9 Å². The van der Waals surface area contributed by atoms with Gasteiger partial charge in [-0.1, -0.05) is 60.7 Å². The van der Waals surface area contributed by atoms with E-state index in [0.717, 1.165) is 28.0 Å². The largest absolute Gasteiger partial charge is 0.458 e. The summed E-state index contributed by atoms with van der Waals surface area (Å²) in [7, 11) is 2.96. The number of nitrogens with one attached hydrogen (secondary N) is 1. The summed E-state index contributed by atoms with van der Waals surface area (Å²) in [5, 5.41) is 2.92. The molecule has 47 heavy (non-hydrogen) atoms. The van der Waals surface area contributed by atoms with Gasteiger partial charge in [0.1, 0.15) is 23.9 Å². The predicted molar refractivity (Wildman–Crippen MR) is 173 cm³/mol. The van der Waals surface area contributed by atoms with Crippen molar-refractivity contribution in [2.24, 2.45) is 0 Å². The van der Waals surface area contributed by atoms with Crippen molar-refractivity contribution in [3.63, 3.8) is 0 Å². The summed E-state index contributed by atoms with van der Waals surface area (Å²) in [6.45, 7) is 5.10. The first-order valence-electron chi connectivity index (χ1n) is 15.9. The zero-order valence-corrected chi connectivity index (χ0v) is 27.8. The van der Waals surface area contributed by atoms with Crippen molar-refractivity contribution in [1.82, 2.24) is 10.2 Å². The molecule has 11 heteroatoms. The van der Waals surface area contributed by atoms with Gasteiger partial charge in [-0.2, -0.15) is 0 Å². The van der Waals surface area contributed by atoms with E-state index in [2.05, 4.69) is 5.32 Å². The number of esters is 3. The Hall–Kier alpha value is -4.09. The van der Waals surface area contributed by atoms with Crippen LogP contribution in [-0.2, 0) is 51.2 Å². The number of ether oxygens (including phenoxy) is 4. The molecule has 2 aromatic carbocycles. The molecule has 1 aliphatic heterocycles. The van der Waals surface area contributed by atoms with Crippen LogP contribution in [0.15, 0.2) is 60.7 Å². The molecule has 0 spiro atoms. The molecule has 1 aliphatic carbocycles. The maximum atomic E-state index is 15.0. The maximum Gasteiger partial charge on any atom is 0.348 e. The average Bonchev–Trinajstić information content (AvgIpc) is 3.87. The smallest absolute Gasteiger partial charge is 0.348 e. The van der Waals surface area contributed by atoms with Crippen LogP contribution in [0.3, 0.4) is 0 Å². The first kappa shape index (κ1) is 35.8. The average molecular weight is 653 g/mol. The molecule has 3 unspecified atom stereocenters. The Balaban J connectivity index is 1.52. The first-order chi connectivity index (χ1) is 22.3. The monoisotopic (exact) mass is 652 g/mol. The van der Waals surface area contributed by atoms with Crippen molar-refractivity contribution in [3.05, 3.63) is 77.4 Å². The number of alkyl halides is 1. The predicted octanol–water partition coefficient (Wildman–Crippen LogP) is 4.34. The van der Waals surface area contributed by atoms with Crippen molar-refractivity contribution in [1.29, 1.82) is 0 Å². The van der Waals surface area contributed by atoms with Gasteiger partial charge >= 0.3 is 17.9 Å². The van der Waals surface area contributed by atoms with Crippen LogP contribution in [0.2, 0.25) is 0 Å². The van der Waals surface area contributed by atoms with Gasteiger partial charge in [-0.15, -0.1) is 0 Å². The Morgan fingerprint density at radius 1 is 1.00 bits per heavy atom. The van der Waals surface area contributed by atoms with Crippen LogP contribution in [0.1, 0.15) is 63.1 Å². The van der Waals surface area contributed by atoms with Crippen LogP contribution in [0, 0.1) is 0 Å². The Labute approximate surface area is 275 Å². The third-order valence-corrected chi connectivity index (χ3v) is 8.47. The van der Waals surface area contributed by atoms with E-state index in [0.29, 0.717) is 31.6 Å². The normalized spacial score (nSPS) is 17.4. The van der Waals surface area contributed by atoms with Gasteiger partial charge in [-0.25, -0.2) is 14.0 Å². The molecule has 1 amide bonds. The fourth-order valence-corrected chi connectivity index (χ4v) is 5.36. The summed E-state index contributed by atoms with van der Waals surface area (Å²) < 4.78 is 37.2. The van der Waals surface area contributed by atoms with Crippen molar-refractivity contribution >= 4 is 29.4 Å². The summed E-state index contributed by atoms with van der Waals surface area (Å²) in [4.78, 5) is 54.2. The van der Waals surface area contributed by atoms with Crippen LogP contribution in [-0.4, -0.2) is 85.5 Å². The van der Waals surface area contributed by atoms with Gasteiger partial charge in [-0.05, 0) is 69.3 Å². The van der Waals surface area contributed by atoms with Crippen molar-refractivity contribution < 1.29 is 42.5 Å². The second-order valence-electron chi connectivity index (χ2n) is 12.7. The van der Waals surface area contributed by atoms with Crippen LogP contribution in [0.4, 0.5) is 4.39 Å². The molecule has 0 radical (unpaired) electrons. The maximum absolute atomic E-state index is 15.0. The fourth-order valence-electron chi connectivity index (χ4n) is 5.36. The second-order valence-corrected chi connectivity index (χ2v) is 12.7. The molecule has 10 nitrogen and oxygen atoms in total. The lowest BCUT2D eigenvalue weighted by atomic mass is 9.98. The Kier molecular flexibility index (Phi) is 11.9. The van der Waals surface area contributed by atoms with Crippen molar-refractivity contribution in [3.8, 4) is 0 Å². The number of carbonyl (C=O) groups is 4. The summed E-state index contributed by atoms with van der Waals surface area (Å²) in [6, 6.07) is 15.2. The summed E-state index contributed by atoms with van der Waals surface area (Å²) in [5.74, 6) is -3.04. The molecular formula is C36H45FN2O8. The molecule has 4 rings (SSSR count). The highest BCUT2D eigenvalue weighted by molar-refractivity contribution is 5.91. The number of carbonyl (C=O) groups excluding carboxylic acids is 4. The Bertz CT molecular complexity index is 1430. The second kappa shape index (κ2) is 15.7. The van der Waals surface area contributed by atoms with E-state index < -0.39 is 59.7 Å². The topological polar surface area (TPSA) is 120 Å². The number of benzene rings is 2. The van der Waals surface area contributed by atoms with E-state index in [1.165, 1.54) is 27.8 Å². The van der Waals surface area contributed by atoms with Gasteiger partial charge < -0.3 is 29.2 Å². The van der Waals surface area contributed by atoms with Crippen LogP contribution < -0.4 is 5.32 Å². The number of amides is 1. The van der Waals surface area contributed by atoms with Crippen LogP contribution in [0.5, 0.6) is 0 Å². The summed E-state index contributed by atoms with van der Waals surface area (Å²) >= 11 is 0. The fraction of sp³-hybridized carbons (Fsp3) is 0.500. The number of likely N-dealkylation sites (N-methyl/N-ethyl adjacent to an activating group) is 2. The zero-order valence-electron chi connectivity index (χ0n) is 27.8. The number of hydrogen-bond acceptors (Lipinski definition) is 9. The molecule has 254 valence electrons. The molecule has 3 atom stereocenters. The van der Waals surface area contributed by atoms with Gasteiger partial charge in [0.05, 0.1) is 13.2 Å². The lowest BCUT2D eigenvalue weighted by molar-refractivity contribution is -0.175. The van der Waals surface area contributed by atoms with E-state index in [1.807, 2.05) is 48.5 Å². The molecule has 1 fully saturated rings. The van der Waals surface area contributed by atoms with Crippen LogP contribution >= 0.6 is 0 Å². The summed E-state index contributed by atoms with van der Waals surface area (Å²) in [5.41, 5.74) is 0.939. The lowest BCUT2D eigenvalue weighted by Crippen LogP contribution is -2.51. The lowest BCUT2D eigenvalue weighted by Gasteiger charge is -2.32. The summed E-state index contributed by atoms with van der Waals surface area (Å²) in [6.07, 6.45) is 0.933. The van der Waals surface area contributed by atoms with Gasteiger partial charge in [0, 0.05) is 19.9 Å². The van der Waals surface area contributed by atoms with Gasteiger partial charge in [-0.3, -0.25) is 9.59 Å². The Morgan fingerprint density at radius 2 is 1.68 bits per heavy atom. The molecule has 0 saturated heterocycles. The minimum atomic E-state index is -1.89. The van der Waals surface area contributed by atoms with E-state index in [1.54, 1.807) is 19.2 Å². The van der Waals surface area contributed by atoms with Crippen LogP contribution in [0.25, 0.3) is 5.57 Å². The van der Waals surface area contributed by atoms with Gasteiger partial charge in [0.2, 0.25) is 6.10 Å². The van der Waals surface area contributed by atoms with Gasteiger partial charge in [0.25, 0.3) is 5.91 Å². The molecule has 1 N–H and O–H groups in total. The highest BCUT2D eigenvalue weighted by Gasteiger charge is 2.51.